The van der Waals surface area contributed by atoms with E-state index >= 15 is 0 Å². The summed E-state index contributed by atoms with van der Waals surface area (Å²) in [5, 5.41) is 7.37. The Bertz CT molecular complexity index is 3620. The lowest BCUT2D eigenvalue weighted by molar-refractivity contribution is 1.07. The minimum Gasteiger partial charge on any atom is -0.309 e. The number of hydrogen-bond acceptors (Lipinski definition) is 3. The van der Waals surface area contributed by atoms with E-state index in [2.05, 4.69) is 217 Å². The largest absolute Gasteiger partial charge is 0.309 e. The lowest BCUT2D eigenvalue weighted by atomic mass is 9.90. The van der Waals surface area contributed by atoms with E-state index in [1.54, 1.807) is 0 Å². The summed E-state index contributed by atoms with van der Waals surface area (Å²) in [5.74, 6) is 1.83. The predicted octanol–water partition coefficient (Wildman–Crippen LogP) is 15.3. The molecule has 0 amide bonds. The molecule has 63 heavy (non-hydrogen) atoms. The van der Waals surface area contributed by atoms with Gasteiger partial charge in [0.1, 0.15) is 0 Å². The van der Waals surface area contributed by atoms with Gasteiger partial charge in [0, 0.05) is 33.2 Å². The number of benzene rings is 10. The zero-order valence-corrected chi connectivity index (χ0v) is 34.2. The van der Waals surface area contributed by atoms with Crippen molar-refractivity contribution in [2.45, 2.75) is 0 Å². The van der Waals surface area contributed by atoms with Gasteiger partial charge in [0.15, 0.2) is 17.5 Å². The van der Waals surface area contributed by atoms with Crippen LogP contribution in [-0.2, 0) is 0 Å². The molecule has 2 heterocycles. The highest BCUT2D eigenvalue weighted by Gasteiger charge is 2.21. The molecule has 0 saturated heterocycles. The molecule has 0 spiro atoms. The van der Waals surface area contributed by atoms with Gasteiger partial charge in [-0.1, -0.05) is 182 Å². The number of fused-ring (bicyclic) bond motifs is 6. The molecule has 0 unspecified atom stereocenters. The first-order chi connectivity index (χ1) is 31.2. The Morgan fingerprint density at radius 3 is 1.33 bits per heavy atom. The van der Waals surface area contributed by atoms with Gasteiger partial charge in [-0.25, -0.2) is 15.0 Å². The van der Waals surface area contributed by atoms with E-state index in [4.69, 9.17) is 15.0 Å². The van der Waals surface area contributed by atoms with Gasteiger partial charge in [-0.2, -0.15) is 0 Å². The molecule has 0 aliphatic carbocycles. The third-order valence-electron chi connectivity index (χ3n) is 12.3. The van der Waals surface area contributed by atoms with Gasteiger partial charge >= 0.3 is 0 Å². The van der Waals surface area contributed by atoms with Crippen LogP contribution in [0.5, 0.6) is 0 Å². The lowest BCUT2D eigenvalue weighted by Gasteiger charge is -2.17. The third kappa shape index (κ3) is 6.36. The molecular weight excluding hydrogens is 765 g/mol. The van der Waals surface area contributed by atoms with E-state index < -0.39 is 0 Å². The van der Waals surface area contributed by atoms with Crippen LogP contribution in [0.15, 0.2) is 231 Å². The van der Waals surface area contributed by atoms with Crippen molar-refractivity contribution < 1.29 is 0 Å². The summed E-state index contributed by atoms with van der Waals surface area (Å²) in [6, 6.07) is 81.7. The molecule has 0 bridgehead atoms. The van der Waals surface area contributed by atoms with E-state index in [-0.39, 0.29) is 0 Å². The molecule has 12 aromatic rings. The van der Waals surface area contributed by atoms with E-state index in [1.165, 1.54) is 37.9 Å². The zero-order chi connectivity index (χ0) is 41.7. The van der Waals surface area contributed by atoms with Crippen LogP contribution in [0, 0.1) is 0 Å². The van der Waals surface area contributed by atoms with Crippen LogP contribution in [0.2, 0.25) is 0 Å². The van der Waals surface area contributed by atoms with Gasteiger partial charge in [0.05, 0.1) is 11.0 Å². The molecule has 0 aliphatic rings. The first kappa shape index (κ1) is 36.4. The Balaban J connectivity index is 1.09. The second-order valence-corrected chi connectivity index (χ2v) is 16.0. The molecule has 12 rings (SSSR count). The van der Waals surface area contributed by atoms with Crippen LogP contribution < -0.4 is 0 Å². The second-order valence-electron chi connectivity index (χ2n) is 16.0. The third-order valence-corrected chi connectivity index (χ3v) is 12.3. The average molecular weight is 803 g/mol. The van der Waals surface area contributed by atoms with E-state index in [0.29, 0.717) is 17.5 Å². The van der Waals surface area contributed by atoms with Crippen molar-refractivity contribution in [3.05, 3.63) is 231 Å². The van der Waals surface area contributed by atoms with Crippen LogP contribution in [0.1, 0.15) is 0 Å². The average Bonchev–Trinajstić information content (AvgIpc) is 3.71. The highest BCUT2D eigenvalue weighted by molar-refractivity contribution is 6.14. The van der Waals surface area contributed by atoms with Gasteiger partial charge in [-0.15, -0.1) is 0 Å². The van der Waals surface area contributed by atoms with Crippen molar-refractivity contribution in [1.82, 2.24) is 19.5 Å². The Kier molecular flexibility index (Phi) is 8.79. The topological polar surface area (TPSA) is 43.6 Å². The van der Waals surface area contributed by atoms with Crippen LogP contribution >= 0.6 is 0 Å². The SMILES string of the molecule is c1ccc(-c2nc(-c3ccc(-c4cc5ccccc5c5ccccc45)cc3-c3ccccc3)nc(-c3ccc(-n4c5ccccc5c5ccccc54)cc3-c3ccccc3)n2)cc1. The fraction of sp³-hybridized carbons (Fsp3) is 0. The van der Waals surface area contributed by atoms with Crippen molar-refractivity contribution in [1.29, 1.82) is 0 Å². The van der Waals surface area contributed by atoms with Crippen LogP contribution in [0.3, 0.4) is 0 Å². The fourth-order valence-corrected chi connectivity index (χ4v) is 9.31. The fourth-order valence-electron chi connectivity index (χ4n) is 9.31. The first-order valence-corrected chi connectivity index (χ1v) is 21.4. The number of hydrogen-bond donors (Lipinski definition) is 0. The molecule has 4 heteroatoms. The number of nitrogens with zero attached hydrogens (tertiary/aromatic N) is 4. The van der Waals surface area contributed by atoms with Gasteiger partial charge in [-0.05, 0) is 103 Å². The standard InChI is InChI=1S/C59H38N4/c1-4-18-39(19-5-1)52-37-43(53-36-42-24-10-11-25-45(42)46-26-12-13-27-47(46)53)32-34-50(52)58-60-57(41-22-8-3-9-23-41)61-59(62-58)51-35-33-44(38-54(51)40-20-6-2-7-21-40)63-55-30-16-14-28-48(55)49-29-15-17-31-56(49)63/h1-38H. The molecule has 10 aromatic carbocycles. The van der Waals surface area contributed by atoms with E-state index in [1.807, 2.05) is 18.2 Å². The molecule has 0 radical (unpaired) electrons. The Labute approximate surface area is 365 Å². The quantitative estimate of drug-likeness (QED) is 0.151. The summed E-state index contributed by atoms with van der Waals surface area (Å²) >= 11 is 0. The molecule has 0 saturated carbocycles. The molecule has 0 aliphatic heterocycles. The highest BCUT2D eigenvalue weighted by atomic mass is 15.0. The maximum absolute atomic E-state index is 5.43. The molecule has 0 N–H and O–H groups in total. The van der Waals surface area contributed by atoms with E-state index in [0.717, 1.165) is 61.2 Å². The molecule has 4 nitrogen and oxygen atoms in total. The first-order valence-electron chi connectivity index (χ1n) is 21.4. The maximum Gasteiger partial charge on any atom is 0.164 e. The summed E-state index contributed by atoms with van der Waals surface area (Å²) in [4.78, 5) is 16.0. The van der Waals surface area contributed by atoms with Crippen molar-refractivity contribution in [2.24, 2.45) is 0 Å². The Hall–Kier alpha value is -8.47. The molecule has 0 fully saturated rings. The Morgan fingerprint density at radius 2 is 0.714 bits per heavy atom. The van der Waals surface area contributed by atoms with Crippen LogP contribution in [0.4, 0.5) is 0 Å². The molecule has 2 aromatic heterocycles. The number of rotatable bonds is 7. The Morgan fingerprint density at radius 1 is 0.254 bits per heavy atom. The second kappa shape index (κ2) is 15.2. The van der Waals surface area contributed by atoms with Crippen molar-refractivity contribution in [3.8, 4) is 73.2 Å². The normalized spacial score (nSPS) is 11.5. The van der Waals surface area contributed by atoms with Gasteiger partial charge < -0.3 is 4.57 Å². The monoisotopic (exact) mass is 802 g/mol. The molecule has 294 valence electrons. The molecular formula is C59H38N4. The minimum atomic E-state index is 0.607. The summed E-state index contributed by atoms with van der Waals surface area (Å²) in [6.45, 7) is 0. The highest BCUT2D eigenvalue weighted by Crippen LogP contribution is 2.42. The van der Waals surface area contributed by atoms with Crippen molar-refractivity contribution in [2.75, 3.05) is 0 Å². The van der Waals surface area contributed by atoms with Gasteiger partial charge in [0.2, 0.25) is 0 Å². The zero-order valence-electron chi connectivity index (χ0n) is 34.2. The van der Waals surface area contributed by atoms with Crippen LogP contribution in [0.25, 0.3) is 117 Å². The summed E-state index contributed by atoms with van der Waals surface area (Å²) in [5.41, 5.74) is 12.7. The lowest BCUT2D eigenvalue weighted by Crippen LogP contribution is -2.03. The minimum absolute atomic E-state index is 0.607. The van der Waals surface area contributed by atoms with Gasteiger partial charge in [-0.3, -0.25) is 0 Å². The maximum atomic E-state index is 5.43. The number of para-hydroxylation sites is 2. The smallest absolute Gasteiger partial charge is 0.164 e. The summed E-state index contributed by atoms with van der Waals surface area (Å²) in [7, 11) is 0. The van der Waals surface area contributed by atoms with Crippen molar-refractivity contribution >= 4 is 43.4 Å². The predicted molar refractivity (Wildman–Crippen MR) is 262 cm³/mol. The van der Waals surface area contributed by atoms with Crippen molar-refractivity contribution in [3.63, 3.8) is 0 Å². The van der Waals surface area contributed by atoms with Gasteiger partial charge in [0.25, 0.3) is 0 Å². The summed E-state index contributed by atoms with van der Waals surface area (Å²) in [6.07, 6.45) is 0. The number of aromatic nitrogens is 4. The molecule has 0 atom stereocenters. The summed E-state index contributed by atoms with van der Waals surface area (Å²) < 4.78 is 2.36. The van der Waals surface area contributed by atoms with Crippen LogP contribution in [-0.4, -0.2) is 19.5 Å². The van der Waals surface area contributed by atoms with E-state index in [9.17, 15) is 0 Å².